The van der Waals surface area contributed by atoms with E-state index in [4.69, 9.17) is 0 Å². The summed E-state index contributed by atoms with van der Waals surface area (Å²) in [5.74, 6) is 0. The molecular formula is C53H36N2. The molecule has 0 bridgehead atoms. The summed E-state index contributed by atoms with van der Waals surface area (Å²) >= 11 is 0. The van der Waals surface area contributed by atoms with Gasteiger partial charge in [0.05, 0.1) is 11.0 Å². The molecule has 55 heavy (non-hydrogen) atoms. The van der Waals surface area contributed by atoms with E-state index in [-0.39, 0.29) is 0 Å². The van der Waals surface area contributed by atoms with Crippen molar-refractivity contribution in [1.82, 2.24) is 4.57 Å². The summed E-state index contributed by atoms with van der Waals surface area (Å²) in [6.07, 6.45) is 0. The molecule has 1 heterocycles. The van der Waals surface area contributed by atoms with Gasteiger partial charge in [-0.15, -0.1) is 0 Å². The molecule has 0 fully saturated rings. The number of hydrogen-bond acceptors (Lipinski definition) is 1. The summed E-state index contributed by atoms with van der Waals surface area (Å²) in [7, 11) is 0. The van der Waals surface area contributed by atoms with Crippen LogP contribution in [-0.2, 0) is 5.54 Å². The highest BCUT2D eigenvalue weighted by atomic mass is 15.1. The Bertz CT molecular complexity index is 2980. The Hall–Kier alpha value is -7.16. The van der Waals surface area contributed by atoms with Crippen molar-refractivity contribution in [3.05, 3.63) is 235 Å². The molecule has 0 spiro atoms. The zero-order valence-electron chi connectivity index (χ0n) is 30.2. The molecule has 2 nitrogen and oxygen atoms in total. The lowest BCUT2D eigenvalue weighted by Gasteiger charge is -2.36. The molecule has 1 aliphatic rings. The molecule has 0 unspecified atom stereocenters. The van der Waals surface area contributed by atoms with Crippen molar-refractivity contribution in [1.29, 1.82) is 0 Å². The standard InChI is InChI=1S/C53H36N2/c1-3-18-39(19-4-1)53(49-27-12-9-23-45(49)46-24-10-13-28-50(46)53)55-51-29-14-11-25-47(51)48-36-42(34-35-52(48)55)54(40-20-5-2-6-21-40)41-32-30-38(31-33-41)44-26-15-17-37-16-7-8-22-43(37)44/h1-36H. The van der Waals surface area contributed by atoms with Crippen LogP contribution in [0.3, 0.4) is 0 Å². The van der Waals surface area contributed by atoms with E-state index >= 15 is 0 Å². The molecule has 0 saturated heterocycles. The van der Waals surface area contributed by atoms with Gasteiger partial charge in [0.1, 0.15) is 5.54 Å². The van der Waals surface area contributed by atoms with Gasteiger partial charge in [-0.25, -0.2) is 0 Å². The Morgan fingerprint density at radius 2 is 0.873 bits per heavy atom. The third-order valence-corrected chi connectivity index (χ3v) is 11.6. The zero-order valence-corrected chi connectivity index (χ0v) is 30.2. The number of rotatable bonds is 6. The first-order valence-electron chi connectivity index (χ1n) is 19.0. The van der Waals surface area contributed by atoms with Gasteiger partial charge in [0, 0.05) is 27.8 Å². The largest absolute Gasteiger partial charge is 0.322 e. The van der Waals surface area contributed by atoms with Crippen molar-refractivity contribution < 1.29 is 0 Å². The normalized spacial score (nSPS) is 12.9. The van der Waals surface area contributed by atoms with Gasteiger partial charge in [-0.05, 0) is 98.2 Å². The summed E-state index contributed by atoms with van der Waals surface area (Å²) in [5, 5.41) is 4.97. The summed E-state index contributed by atoms with van der Waals surface area (Å²) in [4.78, 5) is 2.38. The maximum absolute atomic E-state index is 2.62. The predicted octanol–water partition coefficient (Wildman–Crippen LogP) is 13.9. The SMILES string of the molecule is c1ccc(N(c2ccc(-c3cccc4ccccc34)cc2)c2ccc3c(c2)c2ccccc2n3C2(c3ccccc3)c3ccccc3-c3ccccc32)cc1. The van der Waals surface area contributed by atoms with Gasteiger partial charge in [0.15, 0.2) is 0 Å². The monoisotopic (exact) mass is 700 g/mol. The van der Waals surface area contributed by atoms with E-state index in [0.717, 1.165) is 17.1 Å². The van der Waals surface area contributed by atoms with Crippen molar-refractivity contribution >= 4 is 49.6 Å². The Labute approximate surface area is 320 Å². The first-order chi connectivity index (χ1) is 27.3. The number of para-hydroxylation sites is 2. The van der Waals surface area contributed by atoms with Gasteiger partial charge in [-0.2, -0.15) is 0 Å². The molecule has 258 valence electrons. The lowest BCUT2D eigenvalue weighted by molar-refractivity contribution is 0.564. The predicted molar refractivity (Wildman–Crippen MR) is 231 cm³/mol. The highest BCUT2D eigenvalue weighted by molar-refractivity contribution is 6.11. The number of hydrogen-bond donors (Lipinski definition) is 0. The molecule has 1 aliphatic carbocycles. The first-order valence-corrected chi connectivity index (χ1v) is 19.0. The second-order valence-corrected chi connectivity index (χ2v) is 14.5. The minimum absolute atomic E-state index is 0.576. The van der Waals surface area contributed by atoms with Crippen molar-refractivity contribution in [3.8, 4) is 22.3 Å². The van der Waals surface area contributed by atoms with Crippen LogP contribution < -0.4 is 4.90 Å². The minimum atomic E-state index is -0.576. The first kappa shape index (κ1) is 31.4. The van der Waals surface area contributed by atoms with Gasteiger partial charge in [-0.1, -0.05) is 170 Å². The Morgan fingerprint density at radius 1 is 0.345 bits per heavy atom. The molecule has 2 heteroatoms. The Balaban J connectivity index is 1.14. The van der Waals surface area contributed by atoms with E-state index in [9.17, 15) is 0 Å². The van der Waals surface area contributed by atoms with Gasteiger partial charge < -0.3 is 9.47 Å². The lowest BCUT2D eigenvalue weighted by atomic mass is 9.80. The molecule has 11 rings (SSSR count). The molecule has 0 N–H and O–H groups in total. The number of benzene rings is 9. The highest BCUT2D eigenvalue weighted by Crippen LogP contribution is 2.56. The van der Waals surface area contributed by atoms with E-state index in [1.165, 1.54) is 71.5 Å². The quantitative estimate of drug-likeness (QED) is 0.168. The fraction of sp³-hybridized carbons (Fsp3) is 0.0189. The number of aromatic nitrogens is 1. The van der Waals surface area contributed by atoms with Gasteiger partial charge in [-0.3, -0.25) is 0 Å². The maximum atomic E-state index is 2.62. The fourth-order valence-corrected chi connectivity index (χ4v) is 9.33. The highest BCUT2D eigenvalue weighted by Gasteiger charge is 2.47. The second kappa shape index (κ2) is 12.5. The van der Waals surface area contributed by atoms with Crippen LogP contribution in [0.15, 0.2) is 218 Å². The third kappa shape index (κ3) is 4.68. The molecule has 0 aliphatic heterocycles. The molecule has 9 aromatic carbocycles. The summed E-state index contributed by atoms with van der Waals surface area (Å²) in [6.45, 7) is 0. The number of nitrogens with zero attached hydrogens (tertiary/aromatic N) is 2. The molecule has 1 aromatic heterocycles. The Kier molecular flexibility index (Phi) is 7.11. The van der Waals surface area contributed by atoms with Crippen molar-refractivity contribution in [2.75, 3.05) is 4.90 Å². The van der Waals surface area contributed by atoms with Crippen LogP contribution in [0.1, 0.15) is 16.7 Å². The van der Waals surface area contributed by atoms with Crippen LogP contribution in [-0.4, -0.2) is 4.57 Å². The number of anilines is 3. The number of fused-ring (bicyclic) bond motifs is 7. The van der Waals surface area contributed by atoms with Crippen LogP contribution in [0, 0.1) is 0 Å². The van der Waals surface area contributed by atoms with E-state index < -0.39 is 5.54 Å². The third-order valence-electron chi connectivity index (χ3n) is 11.6. The molecular weight excluding hydrogens is 665 g/mol. The van der Waals surface area contributed by atoms with Crippen molar-refractivity contribution in [3.63, 3.8) is 0 Å². The molecule has 0 saturated carbocycles. The van der Waals surface area contributed by atoms with Crippen LogP contribution in [0.5, 0.6) is 0 Å². The van der Waals surface area contributed by atoms with Crippen LogP contribution in [0.2, 0.25) is 0 Å². The van der Waals surface area contributed by atoms with E-state index in [0.29, 0.717) is 0 Å². The molecule has 0 radical (unpaired) electrons. The second-order valence-electron chi connectivity index (χ2n) is 14.5. The van der Waals surface area contributed by atoms with Crippen LogP contribution >= 0.6 is 0 Å². The van der Waals surface area contributed by atoms with Gasteiger partial charge in [0.25, 0.3) is 0 Å². The minimum Gasteiger partial charge on any atom is -0.322 e. The van der Waals surface area contributed by atoms with Crippen LogP contribution in [0.4, 0.5) is 17.1 Å². The summed E-state index contributed by atoms with van der Waals surface area (Å²) in [5.41, 5.74) is 14.0. The van der Waals surface area contributed by atoms with E-state index in [1.54, 1.807) is 0 Å². The average molecular weight is 701 g/mol. The van der Waals surface area contributed by atoms with Crippen molar-refractivity contribution in [2.45, 2.75) is 5.54 Å². The smallest absolute Gasteiger partial charge is 0.122 e. The zero-order chi connectivity index (χ0) is 36.3. The average Bonchev–Trinajstić information content (AvgIpc) is 3.75. The Morgan fingerprint density at radius 3 is 1.62 bits per heavy atom. The topological polar surface area (TPSA) is 8.17 Å². The maximum Gasteiger partial charge on any atom is 0.122 e. The van der Waals surface area contributed by atoms with E-state index in [2.05, 4.69) is 228 Å². The van der Waals surface area contributed by atoms with Gasteiger partial charge >= 0.3 is 0 Å². The molecule has 10 aromatic rings. The molecule has 0 amide bonds. The molecule has 0 atom stereocenters. The summed E-state index contributed by atoms with van der Waals surface area (Å²) < 4.78 is 2.62. The lowest BCUT2D eigenvalue weighted by Crippen LogP contribution is -2.35. The van der Waals surface area contributed by atoms with Gasteiger partial charge in [0.2, 0.25) is 0 Å². The van der Waals surface area contributed by atoms with E-state index in [1.807, 2.05) is 0 Å². The fourth-order valence-electron chi connectivity index (χ4n) is 9.33. The summed E-state index contributed by atoms with van der Waals surface area (Å²) in [6, 6.07) is 79.9. The van der Waals surface area contributed by atoms with Crippen molar-refractivity contribution in [2.24, 2.45) is 0 Å². The van der Waals surface area contributed by atoms with Crippen LogP contribution in [0.25, 0.3) is 54.8 Å².